The molecule has 38 heavy (non-hydrogen) atoms. The van der Waals surface area contributed by atoms with Crippen LogP contribution in [-0.2, 0) is 9.47 Å². The van der Waals surface area contributed by atoms with Crippen molar-refractivity contribution in [2.24, 2.45) is 5.84 Å². The largest absolute Gasteiger partial charge is 0.394 e. The fraction of sp³-hybridized carbons (Fsp3) is 0.259. The number of hydrogen-bond donors (Lipinski definition) is 5. The van der Waals surface area contributed by atoms with E-state index >= 15 is 0 Å². The molecule has 0 unspecified atom stereocenters. The van der Waals surface area contributed by atoms with E-state index in [1.165, 1.54) is 7.11 Å². The number of methoxy groups -OCH3 is 1. The van der Waals surface area contributed by atoms with Gasteiger partial charge in [-0.1, -0.05) is 36.4 Å². The minimum absolute atomic E-state index is 0.166. The van der Waals surface area contributed by atoms with E-state index in [1.54, 1.807) is 22.8 Å². The van der Waals surface area contributed by atoms with Crippen molar-refractivity contribution in [3.63, 3.8) is 0 Å². The highest BCUT2D eigenvalue weighted by molar-refractivity contribution is 6.39. The van der Waals surface area contributed by atoms with Crippen LogP contribution in [0.4, 0.5) is 0 Å². The number of benzene rings is 3. The molecular weight excluding hydrogens is 492 g/mol. The monoisotopic (exact) mass is 516 g/mol. The zero-order valence-electron chi connectivity index (χ0n) is 20.2. The minimum Gasteiger partial charge on any atom is -0.394 e. The Hall–Kier alpha value is -3.84. The number of carbonyl (C=O) groups excluding carboxylic acids is 2. The lowest BCUT2D eigenvalue weighted by molar-refractivity contribution is -0.255. The van der Waals surface area contributed by atoms with Crippen LogP contribution in [0, 0.1) is 0 Å². The summed E-state index contributed by atoms with van der Waals surface area (Å²) in [5.74, 6) is 4.70. The van der Waals surface area contributed by atoms with E-state index in [4.69, 9.17) is 15.3 Å². The average molecular weight is 517 g/mol. The summed E-state index contributed by atoms with van der Waals surface area (Å²) in [5, 5.41) is 35.2. The van der Waals surface area contributed by atoms with Crippen LogP contribution in [0.2, 0.25) is 0 Å². The van der Waals surface area contributed by atoms with Gasteiger partial charge in [0.15, 0.2) is 6.23 Å². The first-order valence-electron chi connectivity index (χ1n) is 12.2. The van der Waals surface area contributed by atoms with Gasteiger partial charge in [0.1, 0.15) is 24.4 Å². The number of imide groups is 1. The number of aliphatic hydroxyl groups excluding tert-OH is 3. The van der Waals surface area contributed by atoms with Gasteiger partial charge in [0.05, 0.1) is 34.3 Å². The van der Waals surface area contributed by atoms with Gasteiger partial charge >= 0.3 is 0 Å². The second kappa shape index (κ2) is 8.08. The van der Waals surface area contributed by atoms with E-state index in [9.17, 15) is 24.9 Å². The molecule has 0 saturated carbocycles. The summed E-state index contributed by atoms with van der Waals surface area (Å²) < 4.78 is 13.2. The fourth-order valence-corrected chi connectivity index (χ4v) is 6.19. The zero-order chi connectivity index (χ0) is 26.5. The Labute approximate surface area is 214 Å². The third kappa shape index (κ3) is 2.77. The Bertz CT molecular complexity index is 1810. The molecular formula is C27H24N4O7. The minimum atomic E-state index is -1.45. The van der Waals surface area contributed by atoms with E-state index in [-0.39, 0.29) is 11.1 Å². The third-order valence-corrected chi connectivity index (χ3v) is 7.83. The number of aliphatic hydroxyl groups is 3. The lowest BCUT2D eigenvalue weighted by Crippen LogP contribution is -2.57. The molecule has 0 aliphatic carbocycles. The van der Waals surface area contributed by atoms with E-state index in [1.807, 2.05) is 30.3 Å². The molecule has 2 aliphatic rings. The molecule has 0 spiro atoms. The normalized spacial score (nSPS) is 25.9. The van der Waals surface area contributed by atoms with Crippen molar-refractivity contribution >= 4 is 55.4 Å². The molecule has 2 amide bonds. The summed E-state index contributed by atoms with van der Waals surface area (Å²) in [6, 6.07) is 14.6. The maximum Gasteiger partial charge on any atom is 0.276 e. The van der Waals surface area contributed by atoms with Crippen LogP contribution >= 0.6 is 0 Å². The summed E-state index contributed by atoms with van der Waals surface area (Å²) in [5.41, 5.74) is 2.75. The highest BCUT2D eigenvalue weighted by atomic mass is 16.6. The summed E-state index contributed by atoms with van der Waals surface area (Å²) >= 11 is 0. The number of amides is 2. The molecule has 1 saturated heterocycles. The van der Waals surface area contributed by atoms with Crippen LogP contribution in [-0.4, -0.2) is 79.8 Å². The second-order valence-electron chi connectivity index (χ2n) is 9.69. The summed E-state index contributed by atoms with van der Waals surface area (Å²) in [6.07, 6.45) is -5.87. The van der Waals surface area contributed by atoms with Gasteiger partial charge in [0.2, 0.25) is 0 Å². The molecule has 5 atom stereocenters. The lowest BCUT2D eigenvalue weighted by atomic mass is 9.96. The first-order chi connectivity index (χ1) is 18.4. The Kier molecular flexibility index (Phi) is 4.95. The number of H-pyrrole nitrogens is 1. The number of nitrogens with zero attached hydrogens (tertiary/aromatic N) is 2. The summed E-state index contributed by atoms with van der Waals surface area (Å²) in [6.45, 7) is -0.456. The highest BCUT2D eigenvalue weighted by Gasteiger charge is 2.47. The van der Waals surface area contributed by atoms with Crippen molar-refractivity contribution in [2.75, 3.05) is 13.7 Å². The van der Waals surface area contributed by atoms with Crippen LogP contribution in [0.25, 0.3) is 43.6 Å². The molecule has 5 aromatic rings. The van der Waals surface area contributed by atoms with Crippen molar-refractivity contribution in [3.05, 3.63) is 59.7 Å². The Balaban J connectivity index is 1.68. The van der Waals surface area contributed by atoms with E-state index < -0.39 is 49.1 Å². The number of hydrogen-bond acceptors (Lipinski definition) is 8. The number of rotatable bonds is 3. The highest BCUT2D eigenvalue weighted by Crippen LogP contribution is 2.46. The van der Waals surface area contributed by atoms with Gasteiger partial charge in [-0.2, -0.15) is 0 Å². The molecule has 0 bridgehead atoms. The zero-order valence-corrected chi connectivity index (χ0v) is 20.2. The van der Waals surface area contributed by atoms with Gasteiger partial charge < -0.3 is 34.3 Å². The molecule has 1 fully saturated rings. The van der Waals surface area contributed by atoms with Crippen LogP contribution in [0.15, 0.2) is 48.5 Å². The molecule has 3 aromatic carbocycles. The van der Waals surface area contributed by atoms with E-state index in [2.05, 4.69) is 4.98 Å². The molecule has 194 valence electrons. The Morgan fingerprint density at radius 2 is 1.63 bits per heavy atom. The molecule has 2 aliphatic heterocycles. The Morgan fingerprint density at radius 1 is 0.974 bits per heavy atom. The molecule has 6 N–H and O–H groups in total. The number of ether oxygens (including phenoxy) is 2. The first-order valence-corrected chi connectivity index (χ1v) is 12.2. The maximum absolute atomic E-state index is 13.4. The molecule has 11 heteroatoms. The van der Waals surface area contributed by atoms with E-state index in [0.717, 1.165) is 10.9 Å². The molecule has 0 radical (unpaired) electrons. The predicted octanol–water partition coefficient (Wildman–Crippen LogP) is 1.53. The molecule has 11 nitrogen and oxygen atoms in total. The number of aromatic amines is 1. The Morgan fingerprint density at radius 3 is 2.34 bits per heavy atom. The molecule has 4 heterocycles. The fourth-order valence-electron chi connectivity index (χ4n) is 6.19. The predicted molar refractivity (Wildman–Crippen MR) is 137 cm³/mol. The van der Waals surface area contributed by atoms with Crippen molar-refractivity contribution in [2.45, 2.75) is 30.6 Å². The molecule has 7 rings (SSSR count). The van der Waals surface area contributed by atoms with Crippen LogP contribution in [0.5, 0.6) is 0 Å². The third-order valence-electron chi connectivity index (χ3n) is 7.83. The van der Waals surface area contributed by atoms with Gasteiger partial charge in [-0.15, -0.1) is 0 Å². The van der Waals surface area contributed by atoms with Crippen LogP contribution < -0.4 is 5.84 Å². The average Bonchev–Trinajstić information content (AvgIpc) is 3.55. The van der Waals surface area contributed by atoms with Gasteiger partial charge in [-0.05, 0) is 12.1 Å². The van der Waals surface area contributed by atoms with Crippen LogP contribution in [0.1, 0.15) is 26.9 Å². The second-order valence-corrected chi connectivity index (χ2v) is 9.69. The number of carbonyl (C=O) groups is 2. The number of para-hydroxylation sites is 2. The van der Waals surface area contributed by atoms with Gasteiger partial charge in [0, 0.05) is 34.2 Å². The van der Waals surface area contributed by atoms with Gasteiger partial charge in [-0.25, -0.2) is 10.9 Å². The van der Waals surface area contributed by atoms with Gasteiger partial charge in [-0.3, -0.25) is 9.59 Å². The van der Waals surface area contributed by atoms with Crippen LogP contribution in [0.3, 0.4) is 0 Å². The maximum atomic E-state index is 13.4. The first kappa shape index (κ1) is 23.3. The quantitative estimate of drug-likeness (QED) is 0.137. The number of nitrogens with one attached hydrogen (secondary N) is 1. The van der Waals surface area contributed by atoms with E-state index in [0.29, 0.717) is 37.7 Å². The van der Waals surface area contributed by atoms with Crippen molar-refractivity contribution < 1.29 is 34.4 Å². The smallest absolute Gasteiger partial charge is 0.276 e. The summed E-state index contributed by atoms with van der Waals surface area (Å²) in [7, 11) is 1.37. The SMILES string of the molecule is CO[C@@H]1[C@H](O)[C@@H](O)[C@H](n2c3ccccc3c3c4c(c5c6ccccc6[nH]c5c32)C(=O)N(N)C4=O)O[C@H]1CO. The standard InChI is InChI=1S/C27H24N4O7/c1-37-24-15(10-32)38-27(23(34)22(24)33)30-14-9-5-3-7-12(14)17-19-18(25(35)31(28)26(19)36)16-11-6-2-4-8-13(11)29-20(16)21(17)30/h2-9,15,22-24,27,29,32-34H,10,28H2,1H3/t15-,22+,23+,24-,27+/m0/s1. The number of aromatic nitrogens is 2. The van der Waals surface area contributed by atoms with Crippen molar-refractivity contribution in [1.29, 1.82) is 0 Å². The number of hydrazine groups is 1. The number of fused-ring (bicyclic) bond motifs is 10. The van der Waals surface area contributed by atoms with Crippen molar-refractivity contribution in [1.82, 2.24) is 14.6 Å². The van der Waals surface area contributed by atoms with Crippen molar-refractivity contribution in [3.8, 4) is 0 Å². The van der Waals surface area contributed by atoms with Gasteiger partial charge in [0.25, 0.3) is 11.8 Å². The topological polar surface area (TPSA) is 163 Å². The summed E-state index contributed by atoms with van der Waals surface area (Å²) in [4.78, 5) is 30.2. The molecule has 2 aromatic heterocycles. The lowest BCUT2D eigenvalue weighted by Gasteiger charge is -2.42. The number of nitrogens with two attached hydrogens (primary N) is 1.